The lowest BCUT2D eigenvalue weighted by molar-refractivity contribution is 0.102. The molecule has 0 aliphatic heterocycles. The molecular weight excluding hydrogens is 366 g/mol. The predicted octanol–water partition coefficient (Wildman–Crippen LogP) is 4.97. The van der Waals surface area contributed by atoms with Crippen molar-refractivity contribution in [1.29, 1.82) is 0 Å². The third kappa shape index (κ3) is 4.01. The van der Waals surface area contributed by atoms with E-state index < -0.39 is 0 Å². The van der Waals surface area contributed by atoms with Crippen molar-refractivity contribution in [2.24, 2.45) is 0 Å². The maximum absolute atomic E-state index is 12.5. The molecule has 0 bridgehead atoms. The highest BCUT2D eigenvalue weighted by Crippen LogP contribution is 2.26. The molecule has 144 valence electrons. The van der Waals surface area contributed by atoms with E-state index in [1.54, 1.807) is 43.5 Å². The van der Waals surface area contributed by atoms with E-state index in [0.717, 1.165) is 16.7 Å². The van der Waals surface area contributed by atoms with Gasteiger partial charge in [-0.25, -0.2) is 0 Å². The molecule has 0 unspecified atom stereocenters. The van der Waals surface area contributed by atoms with Gasteiger partial charge in [-0.15, -0.1) is 10.2 Å². The Bertz CT molecular complexity index is 1130. The number of aryl methyl sites for hydroxylation is 1. The molecule has 4 rings (SSSR count). The van der Waals surface area contributed by atoms with Crippen molar-refractivity contribution in [2.45, 2.75) is 6.92 Å². The molecule has 0 aliphatic rings. The van der Waals surface area contributed by atoms with Crippen molar-refractivity contribution in [3.8, 4) is 28.7 Å². The summed E-state index contributed by atoms with van der Waals surface area (Å²) in [6.45, 7) is 2.02. The number of hydrogen-bond donors (Lipinski definition) is 1. The van der Waals surface area contributed by atoms with Crippen LogP contribution in [-0.4, -0.2) is 23.2 Å². The maximum atomic E-state index is 12.5. The van der Waals surface area contributed by atoms with Gasteiger partial charge in [-0.3, -0.25) is 4.79 Å². The van der Waals surface area contributed by atoms with Gasteiger partial charge in [-0.05, 0) is 55.5 Å². The van der Waals surface area contributed by atoms with E-state index in [9.17, 15) is 4.79 Å². The Morgan fingerprint density at radius 1 is 0.862 bits per heavy atom. The highest BCUT2D eigenvalue weighted by Gasteiger charge is 2.13. The molecule has 0 saturated carbocycles. The van der Waals surface area contributed by atoms with Crippen molar-refractivity contribution in [3.05, 3.63) is 83.9 Å². The number of nitrogens with zero attached hydrogens (tertiary/aromatic N) is 2. The van der Waals surface area contributed by atoms with Gasteiger partial charge in [0, 0.05) is 16.7 Å². The first-order valence-electron chi connectivity index (χ1n) is 9.09. The predicted molar refractivity (Wildman–Crippen MR) is 111 cm³/mol. The van der Waals surface area contributed by atoms with Gasteiger partial charge in [0.1, 0.15) is 5.75 Å². The Morgan fingerprint density at radius 2 is 1.45 bits per heavy atom. The number of nitrogens with one attached hydrogen (secondary N) is 1. The van der Waals surface area contributed by atoms with Crippen molar-refractivity contribution < 1.29 is 13.9 Å². The fourth-order valence-electron chi connectivity index (χ4n) is 2.86. The first-order valence-corrected chi connectivity index (χ1v) is 9.09. The summed E-state index contributed by atoms with van der Waals surface area (Å²) < 4.78 is 11.0. The number of amides is 1. The highest BCUT2D eigenvalue weighted by atomic mass is 16.5. The molecule has 3 aromatic carbocycles. The molecule has 6 nitrogen and oxygen atoms in total. The standard InChI is InChI=1S/C23H19N3O3/c1-15-7-9-17(10-8-15)22-25-26-23(29-22)18-13-11-16(12-14-18)21(27)24-19-5-3-4-6-20(19)28-2/h3-14H,1-2H3,(H,24,27). The van der Waals surface area contributed by atoms with Crippen LogP contribution in [0, 0.1) is 6.92 Å². The summed E-state index contributed by atoms with van der Waals surface area (Å²) in [6, 6.07) is 22.1. The summed E-state index contributed by atoms with van der Waals surface area (Å²) in [5.41, 5.74) is 3.89. The van der Waals surface area contributed by atoms with E-state index in [1.165, 1.54) is 0 Å². The van der Waals surface area contributed by atoms with Crippen LogP contribution in [-0.2, 0) is 0 Å². The summed E-state index contributed by atoms with van der Waals surface area (Å²) >= 11 is 0. The third-order valence-electron chi connectivity index (χ3n) is 4.47. The summed E-state index contributed by atoms with van der Waals surface area (Å²) in [6.07, 6.45) is 0. The van der Waals surface area contributed by atoms with Gasteiger partial charge in [0.2, 0.25) is 11.8 Å². The van der Waals surface area contributed by atoms with E-state index in [-0.39, 0.29) is 5.91 Å². The molecule has 0 fully saturated rings. The molecule has 1 amide bonds. The average Bonchev–Trinajstić information content (AvgIpc) is 3.25. The van der Waals surface area contributed by atoms with E-state index in [1.807, 2.05) is 43.3 Å². The van der Waals surface area contributed by atoms with Gasteiger partial charge in [-0.1, -0.05) is 29.8 Å². The zero-order chi connectivity index (χ0) is 20.2. The fraction of sp³-hybridized carbons (Fsp3) is 0.0870. The zero-order valence-electron chi connectivity index (χ0n) is 16.0. The Labute approximate surface area is 168 Å². The SMILES string of the molecule is COc1ccccc1NC(=O)c1ccc(-c2nnc(-c3ccc(C)cc3)o2)cc1. The van der Waals surface area contributed by atoms with Crippen molar-refractivity contribution >= 4 is 11.6 Å². The van der Waals surface area contributed by atoms with Gasteiger partial charge < -0.3 is 14.5 Å². The quantitative estimate of drug-likeness (QED) is 0.525. The van der Waals surface area contributed by atoms with E-state index >= 15 is 0 Å². The lowest BCUT2D eigenvalue weighted by atomic mass is 10.1. The maximum Gasteiger partial charge on any atom is 0.255 e. The number of para-hydroxylation sites is 2. The summed E-state index contributed by atoms with van der Waals surface area (Å²) in [5.74, 6) is 1.23. The minimum absolute atomic E-state index is 0.230. The summed E-state index contributed by atoms with van der Waals surface area (Å²) in [5, 5.41) is 11.1. The molecular formula is C23H19N3O3. The normalized spacial score (nSPS) is 10.6. The molecule has 29 heavy (non-hydrogen) atoms. The van der Waals surface area contributed by atoms with Crippen LogP contribution in [0.15, 0.2) is 77.2 Å². The number of anilines is 1. The van der Waals surface area contributed by atoms with Crippen LogP contribution in [0.25, 0.3) is 22.9 Å². The minimum Gasteiger partial charge on any atom is -0.495 e. The Morgan fingerprint density at radius 3 is 2.07 bits per heavy atom. The third-order valence-corrected chi connectivity index (χ3v) is 4.47. The van der Waals surface area contributed by atoms with Crippen molar-refractivity contribution in [1.82, 2.24) is 10.2 Å². The van der Waals surface area contributed by atoms with Crippen molar-refractivity contribution in [3.63, 3.8) is 0 Å². The van der Waals surface area contributed by atoms with Crippen LogP contribution in [0.4, 0.5) is 5.69 Å². The number of rotatable bonds is 5. The van der Waals surface area contributed by atoms with Crippen LogP contribution in [0.5, 0.6) is 5.75 Å². The number of hydrogen-bond acceptors (Lipinski definition) is 5. The number of methoxy groups -OCH3 is 1. The molecule has 0 atom stereocenters. The van der Waals surface area contributed by atoms with E-state index in [2.05, 4.69) is 15.5 Å². The largest absolute Gasteiger partial charge is 0.495 e. The average molecular weight is 385 g/mol. The van der Waals surface area contributed by atoms with Gasteiger partial charge in [0.05, 0.1) is 12.8 Å². The van der Waals surface area contributed by atoms with Crippen LogP contribution < -0.4 is 10.1 Å². The first-order chi connectivity index (χ1) is 14.1. The molecule has 1 aromatic heterocycles. The lowest BCUT2D eigenvalue weighted by Gasteiger charge is -2.09. The smallest absolute Gasteiger partial charge is 0.255 e. The molecule has 0 radical (unpaired) electrons. The number of carbonyl (C=O) groups excluding carboxylic acids is 1. The van der Waals surface area contributed by atoms with Gasteiger partial charge in [0.25, 0.3) is 5.91 Å². The molecule has 1 N–H and O–H groups in total. The van der Waals surface area contributed by atoms with Gasteiger partial charge >= 0.3 is 0 Å². The Hall–Kier alpha value is -3.93. The Kier molecular flexibility index (Phi) is 5.07. The topological polar surface area (TPSA) is 77.2 Å². The monoisotopic (exact) mass is 385 g/mol. The van der Waals surface area contributed by atoms with Crippen LogP contribution >= 0.6 is 0 Å². The highest BCUT2D eigenvalue weighted by molar-refractivity contribution is 6.05. The number of carbonyl (C=O) groups is 1. The summed E-state index contributed by atoms with van der Waals surface area (Å²) in [7, 11) is 1.56. The van der Waals surface area contributed by atoms with E-state index in [4.69, 9.17) is 9.15 Å². The lowest BCUT2D eigenvalue weighted by Crippen LogP contribution is -2.12. The zero-order valence-corrected chi connectivity index (χ0v) is 16.0. The molecule has 0 saturated heterocycles. The van der Waals surface area contributed by atoms with Crippen molar-refractivity contribution in [2.75, 3.05) is 12.4 Å². The van der Waals surface area contributed by atoms with E-state index in [0.29, 0.717) is 28.8 Å². The second kappa shape index (κ2) is 7.98. The van der Waals surface area contributed by atoms with Crippen LogP contribution in [0.1, 0.15) is 15.9 Å². The van der Waals surface area contributed by atoms with Gasteiger partial charge in [-0.2, -0.15) is 0 Å². The van der Waals surface area contributed by atoms with Crippen LogP contribution in [0.2, 0.25) is 0 Å². The summed E-state index contributed by atoms with van der Waals surface area (Å²) in [4.78, 5) is 12.5. The fourth-order valence-corrected chi connectivity index (χ4v) is 2.86. The second-order valence-corrected chi connectivity index (χ2v) is 6.51. The molecule has 6 heteroatoms. The number of ether oxygens (including phenoxy) is 1. The van der Waals surface area contributed by atoms with Crippen LogP contribution in [0.3, 0.4) is 0 Å². The molecule has 4 aromatic rings. The number of aromatic nitrogens is 2. The number of benzene rings is 3. The first kappa shape index (κ1) is 18.4. The Balaban J connectivity index is 1.51. The molecule has 0 aliphatic carbocycles. The molecule has 0 spiro atoms. The second-order valence-electron chi connectivity index (χ2n) is 6.51. The molecule has 1 heterocycles. The van der Waals surface area contributed by atoms with Gasteiger partial charge in [0.15, 0.2) is 0 Å². The minimum atomic E-state index is -0.230.